The molecule has 0 saturated carbocycles. The summed E-state index contributed by atoms with van der Waals surface area (Å²) in [7, 11) is 7.88. The van der Waals surface area contributed by atoms with Gasteiger partial charge in [-0.15, -0.1) is 0 Å². The first-order valence-electron chi connectivity index (χ1n) is 2.32. The molecule has 0 nitrogen and oxygen atoms in total. The fraction of sp³-hybridized carbons (Fsp3) is 1.00. The molecule has 0 aromatic rings. The zero-order valence-electron chi connectivity index (χ0n) is 4.84. The maximum atomic E-state index is 2.27. The molecule has 1 fully saturated rings. The Hall–Kier alpha value is 1.40. The van der Waals surface area contributed by atoms with Crippen LogP contribution in [-0.4, -0.2) is 9.16 Å². The molecular formula is C4H8S4. The third kappa shape index (κ3) is 2.33. The first kappa shape index (κ1) is 7.51. The molecule has 1 saturated heterocycles. The molecule has 0 unspecified atom stereocenters. The highest BCUT2D eigenvalue weighted by Crippen LogP contribution is 2.55. The third-order valence-corrected chi connectivity index (χ3v) is 8.50. The molecule has 0 aromatic heterocycles. The predicted octanol–water partition coefficient (Wildman–Crippen LogP) is 3.46. The third-order valence-electron chi connectivity index (χ3n) is 0.615. The second-order valence-corrected chi connectivity index (χ2v) is 8.38. The van der Waals surface area contributed by atoms with Gasteiger partial charge in [0, 0.05) is 0 Å². The summed E-state index contributed by atoms with van der Waals surface area (Å²) in [5, 5.41) is 1.23. The number of rotatable bonds is 0. The van der Waals surface area contributed by atoms with Gasteiger partial charge in [0.25, 0.3) is 0 Å². The van der Waals surface area contributed by atoms with Gasteiger partial charge in [-0.1, -0.05) is 43.2 Å². The lowest BCUT2D eigenvalue weighted by Crippen LogP contribution is -2.06. The highest BCUT2D eigenvalue weighted by atomic mass is 33.2. The molecule has 1 rings (SSSR count). The first-order chi connectivity index (χ1) is 3.71. The predicted molar refractivity (Wildman–Crippen MR) is 49.3 cm³/mol. The summed E-state index contributed by atoms with van der Waals surface area (Å²) < 4.78 is 0.438. The fourth-order valence-electron chi connectivity index (χ4n) is 0.365. The van der Waals surface area contributed by atoms with Crippen molar-refractivity contribution in [2.24, 2.45) is 0 Å². The van der Waals surface area contributed by atoms with Gasteiger partial charge in [0.05, 0.1) is 9.16 Å². The Kier molecular flexibility index (Phi) is 2.81. The van der Waals surface area contributed by atoms with E-state index in [2.05, 4.69) is 13.8 Å². The van der Waals surface area contributed by atoms with Crippen LogP contribution >= 0.6 is 43.2 Å². The monoisotopic (exact) mass is 184 g/mol. The van der Waals surface area contributed by atoms with E-state index in [1.165, 1.54) is 5.08 Å². The van der Waals surface area contributed by atoms with Crippen molar-refractivity contribution in [1.29, 1.82) is 0 Å². The van der Waals surface area contributed by atoms with E-state index < -0.39 is 0 Å². The second-order valence-electron chi connectivity index (χ2n) is 1.92. The molecule has 0 atom stereocenters. The van der Waals surface area contributed by atoms with Gasteiger partial charge in [0.15, 0.2) is 0 Å². The Morgan fingerprint density at radius 3 is 1.88 bits per heavy atom. The van der Waals surface area contributed by atoms with Crippen LogP contribution < -0.4 is 0 Å². The van der Waals surface area contributed by atoms with Crippen LogP contribution in [-0.2, 0) is 0 Å². The average molecular weight is 184 g/mol. The van der Waals surface area contributed by atoms with E-state index in [0.29, 0.717) is 4.08 Å². The van der Waals surface area contributed by atoms with Crippen LogP contribution in [0.1, 0.15) is 13.8 Å². The van der Waals surface area contributed by atoms with Crippen molar-refractivity contribution in [1.82, 2.24) is 0 Å². The van der Waals surface area contributed by atoms with E-state index in [1.807, 2.05) is 43.2 Å². The number of hydrogen-bond donors (Lipinski definition) is 0. The molecule has 0 N–H and O–H groups in total. The molecule has 4 heteroatoms. The van der Waals surface area contributed by atoms with Gasteiger partial charge in [-0.25, -0.2) is 0 Å². The second kappa shape index (κ2) is 2.99. The van der Waals surface area contributed by atoms with Gasteiger partial charge in [-0.05, 0) is 13.8 Å². The molecule has 48 valence electrons. The molecule has 0 spiro atoms. The van der Waals surface area contributed by atoms with E-state index in [9.17, 15) is 0 Å². The molecule has 0 bridgehead atoms. The maximum Gasteiger partial charge on any atom is 0.0762 e. The molecule has 1 aliphatic heterocycles. The number of hydrogen-bond acceptors (Lipinski definition) is 4. The summed E-state index contributed by atoms with van der Waals surface area (Å²) in [5.41, 5.74) is 0. The first-order valence-corrected chi connectivity index (χ1v) is 6.96. The van der Waals surface area contributed by atoms with Gasteiger partial charge in [-0.3, -0.25) is 0 Å². The Morgan fingerprint density at radius 2 is 1.62 bits per heavy atom. The standard InChI is InChI=1S/C4H8S4/c1-4(2)7-5-3-6-8-4/h3H2,1-2H3. The molecule has 0 radical (unpaired) electrons. The van der Waals surface area contributed by atoms with E-state index in [4.69, 9.17) is 0 Å². The Labute approximate surface area is 66.1 Å². The van der Waals surface area contributed by atoms with Gasteiger partial charge in [-0.2, -0.15) is 0 Å². The molecule has 0 aromatic carbocycles. The van der Waals surface area contributed by atoms with Gasteiger partial charge >= 0.3 is 0 Å². The summed E-state index contributed by atoms with van der Waals surface area (Å²) in [6, 6.07) is 0. The van der Waals surface area contributed by atoms with E-state index in [1.54, 1.807) is 0 Å². The van der Waals surface area contributed by atoms with E-state index in [-0.39, 0.29) is 0 Å². The zero-order valence-corrected chi connectivity index (χ0v) is 8.11. The molecule has 1 aliphatic rings. The quantitative estimate of drug-likeness (QED) is 0.529. The summed E-state index contributed by atoms with van der Waals surface area (Å²) in [6.07, 6.45) is 0. The smallest absolute Gasteiger partial charge is 0.0762 e. The summed E-state index contributed by atoms with van der Waals surface area (Å²) in [6.45, 7) is 4.53. The summed E-state index contributed by atoms with van der Waals surface area (Å²) in [4.78, 5) is 0. The van der Waals surface area contributed by atoms with Crippen LogP contribution in [0.4, 0.5) is 0 Å². The lowest BCUT2D eigenvalue weighted by molar-refractivity contribution is 1.05. The van der Waals surface area contributed by atoms with Crippen molar-refractivity contribution in [2.75, 3.05) is 5.08 Å². The molecule has 0 aliphatic carbocycles. The minimum atomic E-state index is 0.438. The highest BCUT2D eigenvalue weighted by molar-refractivity contribution is 8.93. The van der Waals surface area contributed by atoms with E-state index >= 15 is 0 Å². The van der Waals surface area contributed by atoms with Crippen LogP contribution in [0.15, 0.2) is 0 Å². The summed E-state index contributed by atoms with van der Waals surface area (Å²) >= 11 is 0. The SMILES string of the molecule is CC1(C)SSCSS1. The van der Waals surface area contributed by atoms with Crippen LogP contribution in [0.3, 0.4) is 0 Å². The van der Waals surface area contributed by atoms with Crippen molar-refractivity contribution in [3.8, 4) is 0 Å². The molecule has 1 heterocycles. The van der Waals surface area contributed by atoms with Gasteiger partial charge in [0.1, 0.15) is 0 Å². The molecular weight excluding hydrogens is 176 g/mol. The van der Waals surface area contributed by atoms with Crippen molar-refractivity contribution < 1.29 is 0 Å². The largest absolute Gasteiger partial charge is 0.0808 e. The van der Waals surface area contributed by atoms with Gasteiger partial charge in [0.2, 0.25) is 0 Å². The van der Waals surface area contributed by atoms with Crippen molar-refractivity contribution in [3.63, 3.8) is 0 Å². The topological polar surface area (TPSA) is 0 Å². The molecule has 8 heavy (non-hydrogen) atoms. The minimum Gasteiger partial charge on any atom is -0.0808 e. The van der Waals surface area contributed by atoms with Crippen LogP contribution in [0, 0.1) is 0 Å². The highest BCUT2D eigenvalue weighted by Gasteiger charge is 2.23. The maximum absolute atomic E-state index is 2.27. The normalized spacial score (nSPS) is 27.8. The molecule has 0 amide bonds. The van der Waals surface area contributed by atoms with Gasteiger partial charge < -0.3 is 0 Å². The fourth-order valence-corrected chi connectivity index (χ4v) is 7.44. The van der Waals surface area contributed by atoms with Crippen LogP contribution in [0.5, 0.6) is 0 Å². The van der Waals surface area contributed by atoms with Crippen molar-refractivity contribution in [2.45, 2.75) is 17.9 Å². The van der Waals surface area contributed by atoms with Crippen LogP contribution in [0.25, 0.3) is 0 Å². The Bertz CT molecular complexity index is 72.1. The minimum absolute atomic E-state index is 0.438. The Morgan fingerprint density at radius 1 is 1.12 bits per heavy atom. The lowest BCUT2D eigenvalue weighted by atomic mass is 10.6. The van der Waals surface area contributed by atoms with Crippen molar-refractivity contribution in [3.05, 3.63) is 0 Å². The van der Waals surface area contributed by atoms with Crippen LogP contribution in [0.2, 0.25) is 0 Å². The van der Waals surface area contributed by atoms with Crippen molar-refractivity contribution >= 4 is 43.2 Å². The Balaban J connectivity index is 2.33. The lowest BCUT2D eigenvalue weighted by Gasteiger charge is -2.25. The van der Waals surface area contributed by atoms with E-state index in [0.717, 1.165) is 0 Å². The zero-order chi connectivity index (χ0) is 6.04. The summed E-state index contributed by atoms with van der Waals surface area (Å²) in [5.74, 6) is 0. The average Bonchev–Trinajstić information content (AvgIpc) is 1.65.